The molecule has 1 aromatic rings. The first-order chi connectivity index (χ1) is 10.7. The number of hydrogen-bond acceptors (Lipinski definition) is 1. The van der Waals surface area contributed by atoms with Crippen LogP contribution in [0.2, 0.25) is 0 Å². The lowest BCUT2D eigenvalue weighted by Gasteiger charge is -2.32. The van der Waals surface area contributed by atoms with Crippen LogP contribution < -0.4 is 15.1 Å². The van der Waals surface area contributed by atoms with Crippen molar-refractivity contribution in [1.29, 1.82) is 0 Å². The molecule has 0 unspecified atom stereocenters. The molecule has 3 N–H and O–H groups in total. The summed E-state index contributed by atoms with van der Waals surface area (Å²) in [5, 5.41) is 2.93. The second kappa shape index (κ2) is 8.71. The van der Waals surface area contributed by atoms with E-state index in [-0.39, 0.29) is 11.9 Å². The number of nitrogens with one attached hydrogen (secondary N) is 3. The molecule has 4 nitrogen and oxygen atoms in total. The maximum atomic E-state index is 11.9. The van der Waals surface area contributed by atoms with Gasteiger partial charge in [0.15, 0.2) is 6.04 Å². The first-order valence-corrected chi connectivity index (χ1v) is 8.38. The van der Waals surface area contributed by atoms with E-state index < -0.39 is 0 Å². The van der Waals surface area contributed by atoms with E-state index in [1.807, 2.05) is 19.9 Å². The van der Waals surface area contributed by atoms with Crippen molar-refractivity contribution in [3.63, 3.8) is 0 Å². The van der Waals surface area contributed by atoms with Crippen molar-refractivity contribution in [2.24, 2.45) is 0 Å². The highest BCUT2D eigenvalue weighted by Gasteiger charge is 2.30. The van der Waals surface area contributed by atoms with Gasteiger partial charge in [-0.1, -0.05) is 36.4 Å². The van der Waals surface area contributed by atoms with Crippen LogP contribution in [0, 0.1) is 0 Å². The highest BCUT2D eigenvalue weighted by Crippen LogP contribution is 1.99. The van der Waals surface area contributed by atoms with Gasteiger partial charge in [0.1, 0.15) is 26.2 Å². The zero-order chi connectivity index (χ0) is 15.8. The summed E-state index contributed by atoms with van der Waals surface area (Å²) < 4.78 is 0. The molecule has 0 aliphatic carbocycles. The standard InChI is InChI=1S/C18H27N3O/c1-3-19-18(22)16(2)21-14-12-20(13-15-21)11-7-10-17-8-5-4-6-9-17/h4-10,16H,3,11-15H2,1-2H3,(H,19,22)/p+2/b10-7+/t16-/m0/s1. The van der Waals surface area contributed by atoms with E-state index in [1.54, 1.807) is 4.90 Å². The first-order valence-electron chi connectivity index (χ1n) is 8.38. The third-order valence-corrected chi connectivity index (χ3v) is 4.47. The summed E-state index contributed by atoms with van der Waals surface area (Å²) in [7, 11) is 0. The molecule has 1 amide bonds. The van der Waals surface area contributed by atoms with E-state index in [4.69, 9.17) is 0 Å². The van der Waals surface area contributed by atoms with E-state index in [0.717, 1.165) is 39.3 Å². The van der Waals surface area contributed by atoms with Crippen molar-refractivity contribution in [2.75, 3.05) is 39.3 Å². The molecule has 22 heavy (non-hydrogen) atoms. The molecule has 1 aliphatic rings. The number of rotatable bonds is 6. The van der Waals surface area contributed by atoms with Crippen molar-refractivity contribution in [2.45, 2.75) is 19.9 Å². The third-order valence-electron chi connectivity index (χ3n) is 4.47. The third kappa shape index (κ3) is 4.97. The Bertz CT molecular complexity index is 478. The fraction of sp³-hybridized carbons (Fsp3) is 0.500. The molecule has 0 radical (unpaired) electrons. The number of quaternary nitrogens is 2. The molecular weight excluding hydrogens is 274 g/mol. The molecule has 1 heterocycles. The molecule has 0 spiro atoms. The SMILES string of the molecule is CCNC(=O)[C@H](C)[NH+]1CC[NH+](C/C=C/c2ccccc2)CC1. The molecular formula is C18H29N3O+2. The topological polar surface area (TPSA) is 38.0 Å². The normalized spacial score (nSPS) is 23.4. The van der Waals surface area contributed by atoms with E-state index in [2.05, 4.69) is 41.7 Å². The van der Waals surface area contributed by atoms with Crippen LogP contribution in [0.15, 0.2) is 36.4 Å². The minimum absolute atomic E-state index is 0.0707. The van der Waals surface area contributed by atoms with Crippen molar-refractivity contribution >= 4 is 12.0 Å². The summed E-state index contributed by atoms with van der Waals surface area (Å²) in [5.41, 5.74) is 1.26. The first kappa shape index (κ1) is 16.7. The monoisotopic (exact) mass is 303 g/mol. The molecule has 2 rings (SSSR count). The summed E-state index contributed by atoms with van der Waals surface area (Å²) in [4.78, 5) is 14.9. The number of likely N-dealkylation sites (N-methyl/N-ethyl adjacent to an activating group) is 1. The van der Waals surface area contributed by atoms with E-state index in [9.17, 15) is 4.79 Å². The van der Waals surface area contributed by atoms with Crippen LogP contribution in [-0.4, -0.2) is 51.2 Å². The molecule has 1 saturated heterocycles. The fourth-order valence-electron chi connectivity index (χ4n) is 3.00. The van der Waals surface area contributed by atoms with Gasteiger partial charge in [-0.2, -0.15) is 0 Å². The van der Waals surface area contributed by atoms with Crippen LogP contribution in [0.5, 0.6) is 0 Å². The van der Waals surface area contributed by atoms with Gasteiger partial charge in [-0.25, -0.2) is 0 Å². The summed E-state index contributed by atoms with van der Waals surface area (Å²) >= 11 is 0. The number of carbonyl (C=O) groups excluding carboxylic acids is 1. The van der Waals surface area contributed by atoms with Gasteiger partial charge >= 0.3 is 0 Å². The lowest BCUT2D eigenvalue weighted by Crippen LogP contribution is -3.30. The highest BCUT2D eigenvalue weighted by molar-refractivity contribution is 5.79. The summed E-state index contributed by atoms with van der Waals surface area (Å²) in [6.45, 7) is 10.2. The van der Waals surface area contributed by atoms with E-state index >= 15 is 0 Å². The number of carbonyl (C=O) groups is 1. The number of amides is 1. The van der Waals surface area contributed by atoms with Crippen LogP contribution in [0.25, 0.3) is 6.08 Å². The predicted octanol–water partition coefficient (Wildman–Crippen LogP) is -0.992. The van der Waals surface area contributed by atoms with E-state index in [1.165, 1.54) is 10.5 Å². The smallest absolute Gasteiger partial charge is 0.278 e. The van der Waals surface area contributed by atoms with Gasteiger partial charge < -0.3 is 15.1 Å². The molecule has 120 valence electrons. The van der Waals surface area contributed by atoms with Crippen molar-refractivity contribution in [1.82, 2.24) is 5.32 Å². The lowest BCUT2D eigenvalue weighted by molar-refractivity contribution is -1.02. The Labute approximate surface area is 133 Å². The summed E-state index contributed by atoms with van der Waals surface area (Å²) in [6.07, 6.45) is 4.46. The minimum atomic E-state index is 0.0707. The minimum Gasteiger partial charge on any atom is -0.351 e. The van der Waals surface area contributed by atoms with Gasteiger partial charge in [-0.15, -0.1) is 0 Å². The molecule has 1 aliphatic heterocycles. The molecule has 0 aromatic heterocycles. The lowest BCUT2D eigenvalue weighted by atomic mass is 10.2. The summed E-state index contributed by atoms with van der Waals surface area (Å²) in [6, 6.07) is 10.5. The fourth-order valence-corrected chi connectivity index (χ4v) is 3.00. The molecule has 4 heteroatoms. The van der Waals surface area contributed by atoms with Crippen molar-refractivity contribution < 1.29 is 14.6 Å². The molecule has 0 saturated carbocycles. The van der Waals surface area contributed by atoms with Gasteiger partial charge in [0, 0.05) is 6.54 Å². The Morgan fingerprint density at radius 1 is 1.23 bits per heavy atom. The maximum absolute atomic E-state index is 11.9. The maximum Gasteiger partial charge on any atom is 0.278 e. The number of benzene rings is 1. The second-order valence-electron chi connectivity index (χ2n) is 6.04. The van der Waals surface area contributed by atoms with Gasteiger partial charge in [0.05, 0.1) is 6.54 Å². The second-order valence-corrected chi connectivity index (χ2v) is 6.04. The number of hydrogen-bond donors (Lipinski definition) is 3. The van der Waals surface area contributed by atoms with Crippen molar-refractivity contribution in [3.05, 3.63) is 42.0 Å². The average molecular weight is 303 g/mol. The zero-order valence-electron chi connectivity index (χ0n) is 13.8. The van der Waals surface area contributed by atoms with Gasteiger partial charge in [0.2, 0.25) is 0 Å². The largest absolute Gasteiger partial charge is 0.351 e. The Morgan fingerprint density at radius 2 is 1.91 bits per heavy atom. The Kier molecular flexibility index (Phi) is 6.62. The van der Waals surface area contributed by atoms with Crippen molar-refractivity contribution in [3.8, 4) is 0 Å². The van der Waals surface area contributed by atoms with Crippen LogP contribution >= 0.6 is 0 Å². The zero-order valence-corrected chi connectivity index (χ0v) is 13.8. The number of piperazine rings is 1. The average Bonchev–Trinajstić information content (AvgIpc) is 2.56. The Hall–Kier alpha value is -1.65. The summed E-state index contributed by atoms with van der Waals surface area (Å²) in [5.74, 6) is 0.185. The van der Waals surface area contributed by atoms with Crippen LogP contribution in [-0.2, 0) is 4.79 Å². The van der Waals surface area contributed by atoms with Crippen LogP contribution in [0.1, 0.15) is 19.4 Å². The quantitative estimate of drug-likeness (QED) is 0.620. The Balaban J connectivity index is 1.73. The van der Waals surface area contributed by atoms with E-state index in [0.29, 0.717) is 0 Å². The molecule has 1 atom stereocenters. The molecule has 1 fully saturated rings. The van der Waals surface area contributed by atoms with Crippen LogP contribution in [0.4, 0.5) is 0 Å². The van der Waals surface area contributed by atoms with Gasteiger partial charge in [-0.05, 0) is 25.5 Å². The molecule has 0 bridgehead atoms. The molecule has 1 aromatic carbocycles. The van der Waals surface area contributed by atoms with Gasteiger partial charge in [0.25, 0.3) is 5.91 Å². The Morgan fingerprint density at radius 3 is 2.55 bits per heavy atom. The van der Waals surface area contributed by atoms with Gasteiger partial charge in [-0.3, -0.25) is 4.79 Å². The predicted molar refractivity (Wildman–Crippen MR) is 89.9 cm³/mol. The highest BCUT2D eigenvalue weighted by atomic mass is 16.2. The van der Waals surface area contributed by atoms with Crippen LogP contribution in [0.3, 0.4) is 0 Å².